The van der Waals surface area contributed by atoms with Gasteiger partial charge < -0.3 is 9.84 Å². The molecule has 0 bridgehead atoms. The summed E-state index contributed by atoms with van der Waals surface area (Å²) in [5.41, 5.74) is 2.13. The summed E-state index contributed by atoms with van der Waals surface area (Å²) in [5.74, 6) is 0.919. The third kappa shape index (κ3) is 3.97. The minimum absolute atomic E-state index is 0.0874. The van der Waals surface area contributed by atoms with Crippen LogP contribution in [0.1, 0.15) is 49.7 Å². The molecule has 0 spiro atoms. The zero-order chi connectivity index (χ0) is 14.4. The van der Waals surface area contributed by atoms with Crippen molar-refractivity contribution in [1.82, 2.24) is 4.90 Å². The Morgan fingerprint density at radius 2 is 1.90 bits per heavy atom. The second kappa shape index (κ2) is 7.65. The van der Waals surface area contributed by atoms with E-state index in [-0.39, 0.29) is 6.61 Å². The molecular weight excluding hydrogens is 250 g/mol. The molecule has 20 heavy (non-hydrogen) atoms. The summed E-state index contributed by atoms with van der Waals surface area (Å²) < 4.78 is 5.45. The predicted molar refractivity (Wildman–Crippen MR) is 81.9 cm³/mol. The van der Waals surface area contributed by atoms with E-state index in [2.05, 4.69) is 18.0 Å². The van der Waals surface area contributed by atoms with Crippen LogP contribution in [-0.2, 0) is 13.2 Å². The van der Waals surface area contributed by atoms with Crippen molar-refractivity contribution in [2.75, 3.05) is 14.2 Å². The Morgan fingerprint density at radius 3 is 2.50 bits per heavy atom. The number of hydrogen-bond donors (Lipinski definition) is 1. The average molecular weight is 277 g/mol. The number of rotatable bonds is 5. The SMILES string of the molecule is COc1ccc(CO)cc1CN(C)C1CCCCCC1. The van der Waals surface area contributed by atoms with Crippen LogP contribution < -0.4 is 4.74 Å². The van der Waals surface area contributed by atoms with Crippen molar-refractivity contribution in [3.05, 3.63) is 29.3 Å². The van der Waals surface area contributed by atoms with E-state index in [0.717, 1.165) is 17.9 Å². The van der Waals surface area contributed by atoms with E-state index in [1.807, 2.05) is 12.1 Å². The number of nitrogens with zero attached hydrogens (tertiary/aromatic N) is 1. The standard InChI is InChI=1S/C17H27NO2/c1-18(16-7-5-3-4-6-8-16)12-15-11-14(13-19)9-10-17(15)20-2/h9-11,16,19H,3-8,12-13H2,1-2H3. The maximum absolute atomic E-state index is 9.29. The van der Waals surface area contributed by atoms with Gasteiger partial charge in [0, 0.05) is 18.2 Å². The van der Waals surface area contributed by atoms with Gasteiger partial charge in [-0.15, -0.1) is 0 Å². The van der Waals surface area contributed by atoms with Gasteiger partial charge in [-0.3, -0.25) is 4.90 Å². The van der Waals surface area contributed by atoms with Gasteiger partial charge in [0.25, 0.3) is 0 Å². The highest BCUT2D eigenvalue weighted by molar-refractivity contribution is 5.37. The number of aliphatic hydroxyl groups excluding tert-OH is 1. The fourth-order valence-corrected chi connectivity index (χ4v) is 3.15. The van der Waals surface area contributed by atoms with E-state index < -0.39 is 0 Å². The number of ether oxygens (including phenoxy) is 1. The first-order valence-corrected chi connectivity index (χ1v) is 7.71. The molecule has 3 heteroatoms. The van der Waals surface area contributed by atoms with Crippen molar-refractivity contribution >= 4 is 0 Å². The van der Waals surface area contributed by atoms with Crippen LogP contribution in [0.5, 0.6) is 5.75 Å². The Kier molecular flexibility index (Phi) is 5.86. The molecule has 0 saturated heterocycles. The first-order valence-electron chi connectivity index (χ1n) is 7.71. The lowest BCUT2D eigenvalue weighted by Crippen LogP contribution is -2.30. The molecule has 0 heterocycles. The van der Waals surface area contributed by atoms with Crippen molar-refractivity contribution in [2.45, 2.75) is 57.7 Å². The summed E-state index contributed by atoms with van der Waals surface area (Å²) in [4.78, 5) is 2.45. The zero-order valence-corrected chi connectivity index (χ0v) is 12.8. The third-order valence-corrected chi connectivity index (χ3v) is 4.40. The Morgan fingerprint density at radius 1 is 1.20 bits per heavy atom. The smallest absolute Gasteiger partial charge is 0.123 e. The lowest BCUT2D eigenvalue weighted by atomic mass is 10.1. The first kappa shape index (κ1) is 15.3. The molecule has 1 saturated carbocycles. The molecule has 1 aliphatic rings. The Bertz CT molecular complexity index is 411. The predicted octanol–water partition coefficient (Wildman–Crippen LogP) is 3.34. The van der Waals surface area contributed by atoms with E-state index in [4.69, 9.17) is 4.74 Å². The lowest BCUT2D eigenvalue weighted by Gasteiger charge is -2.27. The van der Waals surface area contributed by atoms with Gasteiger partial charge in [-0.05, 0) is 37.6 Å². The maximum Gasteiger partial charge on any atom is 0.123 e. The minimum atomic E-state index is 0.0874. The van der Waals surface area contributed by atoms with Gasteiger partial charge in [0.15, 0.2) is 0 Å². The largest absolute Gasteiger partial charge is 0.496 e. The quantitative estimate of drug-likeness (QED) is 0.838. The van der Waals surface area contributed by atoms with Gasteiger partial charge in [0.05, 0.1) is 13.7 Å². The molecule has 0 atom stereocenters. The fourth-order valence-electron chi connectivity index (χ4n) is 3.15. The van der Waals surface area contributed by atoms with Crippen LogP contribution in [-0.4, -0.2) is 30.2 Å². The van der Waals surface area contributed by atoms with Crippen LogP contribution in [0.4, 0.5) is 0 Å². The summed E-state index contributed by atoms with van der Waals surface area (Å²) >= 11 is 0. The van der Waals surface area contributed by atoms with Gasteiger partial charge >= 0.3 is 0 Å². The molecule has 1 fully saturated rings. The molecule has 0 radical (unpaired) electrons. The minimum Gasteiger partial charge on any atom is -0.496 e. The molecule has 0 unspecified atom stereocenters. The van der Waals surface area contributed by atoms with Crippen molar-refractivity contribution in [3.8, 4) is 5.75 Å². The third-order valence-electron chi connectivity index (χ3n) is 4.40. The molecule has 1 aromatic carbocycles. The Hall–Kier alpha value is -1.06. The lowest BCUT2D eigenvalue weighted by molar-refractivity contribution is 0.210. The van der Waals surface area contributed by atoms with E-state index in [9.17, 15) is 5.11 Å². The Balaban J connectivity index is 2.07. The maximum atomic E-state index is 9.29. The molecule has 2 rings (SSSR count). The van der Waals surface area contributed by atoms with Gasteiger partial charge in [-0.25, -0.2) is 0 Å². The molecular formula is C17H27NO2. The molecule has 0 amide bonds. The van der Waals surface area contributed by atoms with Gasteiger partial charge in [0.1, 0.15) is 5.75 Å². The van der Waals surface area contributed by atoms with E-state index in [1.165, 1.54) is 44.1 Å². The summed E-state index contributed by atoms with van der Waals surface area (Å²) in [5, 5.41) is 9.29. The zero-order valence-electron chi connectivity index (χ0n) is 12.8. The molecule has 1 aromatic rings. The first-order chi connectivity index (χ1) is 9.74. The van der Waals surface area contributed by atoms with Crippen molar-refractivity contribution in [2.24, 2.45) is 0 Å². The molecule has 0 aliphatic heterocycles. The molecule has 112 valence electrons. The highest BCUT2D eigenvalue weighted by atomic mass is 16.5. The van der Waals surface area contributed by atoms with Crippen LogP contribution in [0.25, 0.3) is 0 Å². The summed E-state index contributed by atoms with van der Waals surface area (Å²) in [7, 11) is 3.92. The van der Waals surface area contributed by atoms with Crippen LogP contribution in [0, 0.1) is 0 Å². The van der Waals surface area contributed by atoms with Crippen LogP contribution in [0.15, 0.2) is 18.2 Å². The number of aliphatic hydroxyl groups is 1. The average Bonchev–Trinajstić information content (AvgIpc) is 2.76. The highest BCUT2D eigenvalue weighted by Gasteiger charge is 2.18. The highest BCUT2D eigenvalue weighted by Crippen LogP contribution is 2.26. The van der Waals surface area contributed by atoms with Gasteiger partial charge in [0.2, 0.25) is 0 Å². The normalized spacial score (nSPS) is 17.2. The van der Waals surface area contributed by atoms with Crippen LogP contribution >= 0.6 is 0 Å². The van der Waals surface area contributed by atoms with Gasteiger partial charge in [-0.2, -0.15) is 0 Å². The van der Waals surface area contributed by atoms with E-state index in [0.29, 0.717) is 6.04 Å². The van der Waals surface area contributed by atoms with Crippen LogP contribution in [0.2, 0.25) is 0 Å². The summed E-state index contributed by atoms with van der Waals surface area (Å²) in [6.45, 7) is 0.978. The van der Waals surface area contributed by atoms with Crippen molar-refractivity contribution in [1.29, 1.82) is 0 Å². The molecule has 0 aromatic heterocycles. The van der Waals surface area contributed by atoms with Crippen molar-refractivity contribution in [3.63, 3.8) is 0 Å². The van der Waals surface area contributed by atoms with E-state index >= 15 is 0 Å². The monoisotopic (exact) mass is 277 g/mol. The van der Waals surface area contributed by atoms with Crippen LogP contribution in [0.3, 0.4) is 0 Å². The van der Waals surface area contributed by atoms with Crippen molar-refractivity contribution < 1.29 is 9.84 Å². The van der Waals surface area contributed by atoms with E-state index in [1.54, 1.807) is 7.11 Å². The number of methoxy groups -OCH3 is 1. The fraction of sp³-hybridized carbons (Fsp3) is 0.647. The molecule has 3 nitrogen and oxygen atoms in total. The summed E-state index contributed by atoms with van der Waals surface area (Å²) in [6, 6.07) is 6.63. The second-order valence-electron chi connectivity index (χ2n) is 5.86. The number of benzene rings is 1. The molecule has 1 aliphatic carbocycles. The topological polar surface area (TPSA) is 32.7 Å². The molecule has 1 N–H and O–H groups in total. The second-order valence-corrected chi connectivity index (χ2v) is 5.86. The Labute approximate surface area is 122 Å². The van der Waals surface area contributed by atoms with Gasteiger partial charge in [-0.1, -0.05) is 31.7 Å². The summed E-state index contributed by atoms with van der Waals surface area (Å²) in [6.07, 6.45) is 8.07. The number of hydrogen-bond acceptors (Lipinski definition) is 3.